The van der Waals surface area contributed by atoms with E-state index in [1.807, 2.05) is 12.1 Å². The van der Waals surface area contributed by atoms with Crippen LogP contribution in [0.25, 0.3) is 0 Å². The summed E-state index contributed by atoms with van der Waals surface area (Å²) in [6, 6.07) is 5.90. The Kier molecular flexibility index (Phi) is 3.33. The summed E-state index contributed by atoms with van der Waals surface area (Å²) in [6.07, 6.45) is 4.69. The topological polar surface area (TPSA) is 38.3 Å². The molecule has 1 fully saturated rings. The molecule has 0 aromatic heterocycles. The summed E-state index contributed by atoms with van der Waals surface area (Å²) in [6.45, 7) is 2.13. The SMILES string of the molecule is O=C(CNCC1CC1)c1cccc2c1OCCC2. The number of Topliss-reactive ketones (excluding diaryl/α,β-unsaturated/α-hetero) is 1. The van der Waals surface area contributed by atoms with Gasteiger partial charge < -0.3 is 10.1 Å². The number of hydrogen-bond acceptors (Lipinski definition) is 3. The fraction of sp³-hybridized carbons (Fsp3) is 0.533. The summed E-state index contributed by atoms with van der Waals surface area (Å²) < 4.78 is 5.67. The number of ketones is 1. The molecule has 1 aliphatic carbocycles. The number of carbonyl (C=O) groups is 1. The van der Waals surface area contributed by atoms with Crippen molar-refractivity contribution in [1.82, 2.24) is 5.32 Å². The first-order chi connectivity index (χ1) is 8.84. The predicted octanol–water partition coefficient (Wildman–Crippen LogP) is 2.19. The van der Waals surface area contributed by atoms with Crippen molar-refractivity contribution in [3.63, 3.8) is 0 Å². The van der Waals surface area contributed by atoms with Crippen LogP contribution < -0.4 is 10.1 Å². The molecular formula is C15H19NO2. The molecule has 0 bridgehead atoms. The molecule has 1 heterocycles. The minimum Gasteiger partial charge on any atom is -0.493 e. The van der Waals surface area contributed by atoms with Gasteiger partial charge >= 0.3 is 0 Å². The number of hydrogen-bond donors (Lipinski definition) is 1. The van der Waals surface area contributed by atoms with Crippen molar-refractivity contribution >= 4 is 5.78 Å². The molecule has 1 N–H and O–H groups in total. The zero-order valence-electron chi connectivity index (χ0n) is 10.6. The molecule has 1 aliphatic heterocycles. The van der Waals surface area contributed by atoms with Gasteiger partial charge in [-0.25, -0.2) is 0 Å². The molecule has 2 aliphatic rings. The van der Waals surface area contributed by atoms with E-state index in [1.165, 1.54) is 18.4 Å². The largest absolute Gasteiger partial charge is 0.493 e. The number of para-hydroxylation sites is 1. The third-order valence-corrected chi connectivity index (χ3v) is 3.65. The summed E-state index contributed by atoms with van der Waals surface area (Å²) in [7, 11) is 0. The van der Waals surface area contributed by atoms with E-state index in [0.29, 0.717) is 6.54 Å². The highest BCUT2D eigenvalue weighted by Gasteiger charge is 2.22. The molecule has 0 spiro atoms. The standard InChI is InChI=1S/C15H19NO2/c17-14(10-16-9-11-6-7-11)13-5-1-3-12-4-2-8-18-15(12)13/h1,3,5,11,16H,2,4,6-10H2. The Morgan fingerprint density at radius 2 is 2.28 bits per heavy atom. The summed E-state index contributed by atoms with van der Waals surface area (Å²) in [5.41, 5.74) is 1.92. The number of ether oxygens (including phenoxy) is 1. The van der Waals surface area contributed by atoms with Gasteiger partial charge in [0.05, 0.1) is 18.7 Å². The van der Waals surface area contributed by atoms with Crippen LogP contribution in [-0.2, 0) is 6.42 Å². The minimum absolute atomic E-state index is 0.148. The Hall–Kier alpha value is -1.35. The van der Waals surface area contributed by atoms with Crippen LogP contribution in [-0.4, -0.2) is 25.5 Å². The molecule has 18 heavy (non-hydrogen) atoms. The summed E-state index contributed by atoms with van der Waals surface area (Å²) >= 11 is 0. The number of carbonyl (C=O) groups excluding carboxylic acids is 1. The maximum absolute atomic E-state index is 12.2. The molecule has 0 amide bonds. The van der Waals surface area contributed by atoms with Crippen LogP contribution in [0, 0.1) is 5.92 Å². The zero-order valence-corrected chi connectivity index (χ0v) is 10.6. The van der Waals surface area contributed by atoms with Gasteiger partial charge in [0.25, 0.3) is 0 Å². The van der Waals surface area contributed by atoms with Crippen molar-refractivity contribution in [2.75, 3.05) is 19.7 Å². The van der Waals surface area contributed by atoms with Crippen LogP contribution in [0.5, 0.6) is 5.75 Å². The highest BCUT2D eigenvalue weighted by atomic mass is 16.5. The fourth-order valence-corrected chi connectivity index (χ4v) is 2.42. The quantitative estimate of drug-likeness (QED) is 0.808. The Morgan fingerprint density at radius 1 is 1.39 bits per heavy atom. The highest BCUT2D eigenvalue weighted by molar-refractivity contribution is 6.00. The van der Waals surface area contributed by atoms with Gasteiger partial charge in [-0.3, -0.25) is 4.79 Å². The Bertz CT molecular complexity index is 452. The second-order valence-corrected chi connectivity index (χ2v) is 5.24. The Morgan fingerprint density at radius 3 is 3.11 bits per heavy atom. The van der Waals surface area contributed by atoms with E-state index in [2.05, 4.69) is 11.4 Å². The lowest BCUT2D eigenvalue weighted by Crippen LogP contribution is -2.26. The monoisotopic (exact) mass is 245 g/mol. The molecule has 0 radical (unpaired) electrons. The van der Waals surface area contributed by atoms with Gasteiger partial charge in [-0.05, 0) is 49.8 Å². The molecule has 1 aromatic carbocycles. The number of rotatable bonds is 5. The molecular weight excluding hydrogens is 226 g/mol. The maximum atomic E-state index is 12.2. The number of benzene rings is 1. The van der Waals surface area contributed by atoms with Crippen LogP contribution >= 0.6 is 0 Å². The van der Waals surface area contributed by atoms with Crippen LogP contribution in [0.2, 0.25) is 0 Å². The minimum atomic E-state index is 0.148. The van der Waals surface area contributed by atoms with Crippen LogP contribution in [0.3, 0.4) is 0 Å². The molecule has 0 atom stereocenters. The van der Waals surface area contributed by atoms with E-state index >= 15 is 0 Å². The van der Waals surface area contributed by atoms with Gasteiger partial charge in [-0.15, -0.1) is 0 Å². The van der Waals surface area contributed by atoms with E-state index in [9.17, 15) is 4.79 Å². The van der Waals surface area contributed by atoms with E-state index in [0.717, 1.165) is 43.2 Å². The van der Waals surface area contributed by atoms with E-state index in [-0.39, 0.29) is 5.78 Å². The molecule has 3 rings (SSSR count). The van der Waals surface area contributed by atoms with Crippen LogP contribution in [0.1, 0.15) is 35.2 Å². The van der Waals surface area contributed by atoms with Crippen molar-refractivity contribution in [2.45, 2.75) is 25.7 Å². The van der Waals surface area contributed by atoms with E-state index in [4.69, 9.17) is 4.74 Å². The van der Waals surface area contributed by atoms with Crippen molar-refractivity contribution in [3.05, 3.63) is 29.3 Å². The second kappa shape index (κ2) is 5.11. The van der Waals surface area contributed by atoms with Crippen molar-refractivity contribution in [1.29, 1.82) is 0 Å². The first kappa shape index (κ1) is 11.7. The summed E-state index contributed by atoms with van der Waals surface area (Å²) in [4.78, 5) is 12.2. The Labute approximate surface area is 108 Å². The number of fused-ring (bicyclic) bond motifs is 1. The van der Waals surface area contributed by atoms with Crippen molar-refractivity contribution in [3.8, 4) is 5.75 Å². The molecule has 3 nitrogen and oxygen atoms in total. The lowest BCUT2D eigenvalue weighted by molar-refractivity contribution is 0.0986. The highest BCUT2D eigenvalue weighted by Crippen LogP contribution is 2.29. The van der Waals surface area contributed by atoms with E-state index < -0.39 is 0 Å². The average Bonchev–Trinajstić information content (AvgIpc) is 3.22. The van der Waals surface area contributed by atoms with Crippen LogP contribution in [0.4, 0.5) is 0 Å². The predicted molar refractivity (Wildman–Crippen MR) is 70.2 cm³/mol. The smallest absolute Gasteiger partial charge is 0.180 e. The molecule has 0 unspecified atom stereocenters. The van der Waals surface area contributed by atoms with Gasteiger partial charge in [0.15, 0.2) is 5.78 Å². The first-order valence-electron chi connectivity index (χ1n) is 6.83. The number of nitrogens with one attached hydrogen (secondary N) is 1. The van der Waals surface area contributed by atoms with Gasteiger partial charge in [-0.1, -0.05) is 12.1 Å². The zero-order chi connectivity index (χ0) is 12.4. The lowest BCUT2D eigenvalue weighted by Gasteiger charge is -2.19. The average molecular weight is 245 g/mol. The third kappa shape index (κ3) is 2.56. The van der Waals surface area contributed by atoms with Gasteiger partial charge in [0, 0.05) is 0 Å². The summed E-state index contributed by atoms with van der Waals surface area (Å²) in [5, 5.41) is 3.25. The molecule has 1 aromatic rings. The van der Waals surface area contributed by atoms with Crippen molar-refractivity contribution in [2.24, 2.45) is 5.92 Å². The maximum Gasteiger partial charge on any atom is 0.180 e. The van der Waals surface area contributed by atoms with Gasteiger partial charge in [0.1, 0.15) is 5.75 Å². The molecule has 0 saturated heterocycles. The summed E-state index contributed by atoms with van der Waals surface area (Å²) in [5.74, 6) is 1.77. The second-order valence-electron chi connectivity index (χ2n) is 5.24. The molecule has 1 saturated carbocycles. The van der Waals surface area contributed by atoms with Crippen LogP contribution in [0.15, 0.2) is 18.2 Å². The van der Waals surface area contributed by atoms with Crippen molar-refractivity contribution < 1.29 is 9.53 Å². The Balaban J connectivity index is 1.68. The fourth-order valence-electron chi connectivity index (χ4n) is 2.42. The first-order valence-corrected chi connectivity index (χ1v) is 6.83. The lowest BCUT2D eigenvalue weighted by atomic mass is 10.00. The third-order valence-electron chi connectivity index (χ3n) is 3.65. The van der Waals surface area contributed by atoms with E-state index in [1.54, 1.807) is 0 Å². The molecule has 3 heteroatoms. The van der Waals surface area contributed by atoms with Gasteiger partial charge in [-0.2, -0.15) is 0 Å². The molecule has 96 valence electrons. The normalized spacial score (nSPS) is 18.0. The number of aryl methyl sites for hydroxylation is 1. The van der Waals surface area contributed by atoms with Gasteiger partial charge in [0.2, 0.25) is 0 Å².